The highest BCUT2D eigenvalue weighted by Crippen LogP contribution is 2.28. The lowest BCUT2D eigenvalue weighted by Gasteiger charge is -2.16. The maximum atomic E-state index is 12.7. The number of hydrogen-bond acceptors (Lipinski definition) is 7. The largest absolute Gasteiger partial charge is 0.494 e. The molecule has 0 bridgehead atoms. The average Bonchev–Trinajstić information content (AvgIpc) is 3.23. The number of aromatic nitrogens is 5. The van der Waals surface area contributed by atoms with Gasteiger partial charge in [-0.15, -0.1) is 0 Å². The van der Waals surface area contributed by atoms with Crippen molar-refractivity contribution in [1.82, 2.24) is 24.7 Å². The molecule has 4 aromatic rings. The molecule has 1 aromatic carbocycles. The second-order valence-corrected chi connectivity index (χ2v) is 6.87. The van der Waals surface area contributed by atoms with Gasteiger partial charge in [-0.25, -0.2) is 19.6 Å². The minimum atomic E-state index is -0.754. The molecule has 31 heavy (non-hydrogen) atoms. The van der Waals surface area contributed by atoms with E-state index < -0.39 is 6.10 Å². The SMILES string of the molecule is CC[C@@H](Oc1ncnc2c1cnn2-c1ccccc1OC)C(=O)Nc1ccc(C)cn1. The monoisotopic (exact) mass is 418 g/mol. The molecular weight excluding hydrogens is 396 g/mol. The van der Waals surface area contributed by atoms with E-state index in [2.05, 4.69) is 25.4 Å². The lowest BCUT2D eigenvalue weighted by Crippen LogP contribution is -2.33. The molecule has 0 aliphatic carbocycles. The number of aryl methyl sites for hydroxylation is 1. The van der Waals surface area contributed by atoms with Crippen molar-refractivity contribution in [2.45, 2.75) is 26.4 Å². The number of hydrogen-bond donors (Lipinski definition) is 1. The smallest absolute Gasteiger partial charge is 0.266 e. The maximum absolute atomic E-state index is 12.7. The van der Waals surface area contributed by atoms with E-state index in [4.69, 9.17) is 9.47 Å². The Hall–Kier alpha value is -4.01. The summed E-state index contributed by atoms with van der Waals surface area (Å²) in [5, 5.41) is 7.80. The molecule has 0 unspecified atom stereocenters. The Bertz CT molecular complexity index is 1210. The van der Waals surface area contributed by atoms with Crippen molar-refractivity contribution in [2.24, 2.45) is 0 Å². The predicted octanol–water partition coefficient (Wildman–Crippen LogP) is 3.32. The number of amides is 1. The summed E-state index contributed by atoms with van der Waals surface area (Å²) in [6, 6.07) is 11.1. The van der Waals surface area contributed by atoms with Gasteiger partial charge in [-0.1, -0.05) is 25.1 Å². The van der Waals surface area contributed by atoms with E-state index in [9.17, 15) is 4.79 Å². The summed E-state index contributed by atoms with van der Waals surface area (Å²) in [5.74, 6) is 1.10. The first kappa shape index (κ1) is 20.3. The third kappa shape index (κ3) is 4.16. The molecule has 0 fully saturated rings. The van der Waals surface area contributed by atoms with Gasteiger partial charge in [0.05, 0.1) is 13.3 Å². The lowest BCUT2D eigenvalue weighted by atomic mass is 10.2. The quantitative estimate of drug-likeness (QED) is 0.491. The Morgan fingerprint density at radius 1 is 1.13 bits per heavy atom. The van der Waals surface area contributed by atoms with Crippen LogP contribution in [0.15, 0.2) is 55.1 Å². The lowest BCUT2D eigenvalue weighted by molar-refractivity contribution is -0.122. The van der Waals surface area contributed by atoms with Crippen LogP contribution in [0.2, 0.25) is 0 Å². The Morgan fingerprint density at radius 2 is 1.97 bits per heavy atom. The molecule has 158 valence electrons. The molecule has 0 spiro atoms. The van der Waals surface area contributed by atoms with E-state index in [1.807, 2.05) is 44.2 Å². The van der Waals surface area contributed by atoms with Gasteiger partial charge in [0.2, 0.25) is 5.88 Å². The van der Waals surface area contributed by atoms with Crippen LogP contribution in [0.25, 0.3) is 16.7 Å². The first-order chi connectivity index (χ1) is 15.1. The molecule has 3 aromatic heterocycles. The molecule has 0 aliphatic heterocycles. The number of benzene rings is 1. The van der Waals surface area contributed by atoms with Crippen molar-refractivity contribution in [3.05, 3.63) is 60.7 Å². The summed E-state index contributed by atoms with van der Waals surface area (Å²) in [6.07, 6.45) is 4.39. The number of rotatable bonds is 7. The van der Waals surface area contributed by atoms with Crippen molar-refractivity contribution < 1.29 is 14.3 Å². The molecule has 0 radical (unpaired) electrons. The molecule has 1 atom stereocenters. The highest BCUT2D eigenvalue weighted by Gasteiger charge is 2.22. The van der Waals surface area contributed by atoms with Crippen molar-refractivity contribution >= 4 is 22.8 Å². The third-order valence-electron chi connectivity index (χ3n) is 4.72. The van der Waals surface area contributed by atoms with Gasteiger partial charge in [0, 0.05) is 6.20 Å². The Balaban J connectivity index is 1.61. The standard InChI is InChI=1S/C22H22N6O3/c1-4-17(21(29)27-19-10-9-14(2)11-23-19)31-22-15-12-26-28(20(15)24-13-25-22)16-7-5-6-8-18(16)30-3/h5-13,17H,4H2,1-3H3,(H,23,27,29)/t17-/m1/s1. The first-order valence-corrected chi connectivity index (χ1v) is 9.83. The van der Waals surface area contributed by atoms with Crippen LogP contribution in [-0.4, -0.2) is 43.9 Å². The number of nitrogens with one attached hydrogen (secondary N) is 1. The van der Waals surface area contributed by atoms with Gasteiger partial charge in [-0.3, -0.25) is 4.79 Å². The summed E-state index contributed by atoms with van der Waals surface area (Å²) in [6.45, 7) is 3.80. The number of carbonyl (C=O) groups excluding carboxylic acids is 1. The summed E-state index contributed by atoms with van der Waals surface area (Å²) < 4.78 is 13.0. The molecule has 0 saturated heterocycles. The number of ether oxygens (including phenoxy) is 2. The zero-order valence-electron chi connectivity index (χ0n) is 17.4. The van der Waals surface area contributed by atoms with Crippen LogP contribution in [0.5, 0.6) is 11.6 Å². The van der Waals surface area contributed by atoms with Gasteiger partial charge in [-0.2, -0.15) is 5.10 Å². The fourth-order valence-electron chi connectivity index (χ4n) is 3.10. The van der Waals surface area contributed by atoms with E-state index >= 15 is 0 Å². The predicted molar refractivity (Wildman–Crippen MR) is 116 cm³/mol. The van der Waals surface area contributed by atoms with Crippen LogP contribution in [-0.2, 0) is 4.79 Å². The van der Waals surface area contributed by atoms with Crippen molar-refractivity contribution in [1.29, 1.82) is 0 Å². The van der Waals surface area contributed by atoms with E-state index in [1.54, 1.807) is 30.3 Å². The number of para-hydroxylation sites is 2. The van der Waals surface area contributed by atoms with Gasteiger partial charge >= 0.3 is 0 Å². The van der Waals surface area contributed by atoms with Crippen LogP contribution >= 0.6 is 0 Å². The minimum Gasteiger partial charge on any atom is -0.494 e. The van der Waals surface area contributed by atoms with Gasteiger partial charge in [0.25, 0.3) is 5.91 Å². The Labute approximate surface area is 179 Å². The molecule has 0 saturated carbocycles. The van der Waals surface area contributed by atoms with E-state index in [0.717, 1.165) is 11.3 Å². The first-order valence-electron chi connectivity index (χ1n) is 9.83. The van der Waals surface area contributed by atoms with Crippen LogP contribution in [0.4, 0.5) is 5.82 Å². The van der Waals surface area contributed by atoms with Gasteiger partial charge in [-0.05, 0) is 37.1 Å². The maximum Gasteiger partial charge on any atom is 0.266 e. The second kappa shape index (κ2) is 8.78. The van der Waals surface area contributed by atoms with Crippen LogP contribution in [0.3, 0.4) is 0 Å². The number of fused-ring (bicyclic) bond motifs is 1. The topological polar surface area (TPSA) is 104 Å². The average molecular weight is 418 g/mol. The summed E-state index contributed by atoms with van der Waals surface area (Å²) >= 11 is 0. The van der Waals surface area contributed by atoms with E-state index in [-0.39, 0.29) is 11.8 Å². The Morgan fingerprint density at radius 3 is 2.71 bits per heavy atom. The van der Waals surface area contributed by atoms with Crippen LogP contribution < -0.4 is 14.8 Å². The number of carbonyl (C=O) groups is 1. The van der Waals surface area contributed by atoms with Crippen molar-refractivity contribution in [2.75, 3.05) is 12.4 Å². The van der Waals surface area contributed by atoms with E-state index in [1.165, 1.54) is 6.33 Å². The highest BCUT2D eigenvalue weighted by molar-refractivity contribution is 5.94. The minimum absolute atomic E-state index is 0.282. The molecule has 3 heterocycles. The van der Waals surface area contributed by atoms with Crippen LogP contribution in [0, 0.1) is 6.92 Å². The number of nitrogens with zero attached hydrogens (tertiary/aromatic N) is 5. The fraction of sp³-hybridized carbons (Fsp3) is 0.227. The normalized spacial score (nSPS) is 11.8. The number of anilines is 1. The van der Waals surface area contributed by atoms with E-state index in [0.29, 0.717) is 29.0 Å². The van der Waals surface area contributed by atoms with Crippen molar-refractivity contribution in [3.8, 4) is 17.3 Å². The number of pyridine rings is 1. The van der Waals surface area contributed by atoms with Crippen molar-refractivity contribution in [3.63, 3.8) is 0 Å². The molecule has 9 nitrogen and oxygen atoms in total. The van der Waals surface area contributed by atoms with Crippen LogP contribution in [0.1, 0.15) is 18.9 Å². The number of methoxy groups -OCH3 is 1. The van der Waals surface area contributed by atoms with Gasteiger partial charge in [0.15, 0.2) is 11.8 Å². The zero-order chi connectivity index (χ0) is 21.8. The summed E-state index contributed by atoms with van der Waals surface area (Å²) in [4.78, 5) is 25.5. The molecular formula is C22H22N6O3. The molecule has 1 amide bonds. The summed E-state index contributed by atoms with van der Waals surface area (Å²) in [7, 11) is 1.60. The summed E-state index contributed by atoms with van der Waals surface area (Å²) in [5.41, 5.74) is 2.29. The third-order valence-corrected chi connectivity index (χ3v) is 4.72. The molecule has 4 rings (SSSR count). The van der Waals surface area contributed by atoms with Gasteiger partial charge < -0.3 is 14.8 Å². The Kier molecular flexibility index (Phi) is 5.74. The second-order valence-electron chi connectivity index (χ2n) is 6.87. The molecule has 1 N–H and O–H groups in total. The molecule has 0 aliphatic rings. The fourth-order valence-corrected chi connectivity index (χ4v) is 3.10. The highest BCUT2D eigenvalue weighted by atomic mass is 16.5. The molecule has 9 heteroatoms. The van der Waals surface area contributed by atoms with Gasteiger partial charge in [0.1, 0.15) is 29.0 Å². The zero-order valence-corrected chi connectivity index (χ0v) is 17.4.